The van der Waals surface area contributed by atoms with Crippen molar-refractivity contribution in [3.05, 3.63) is 59.4 Å². The number of benzene rings is 1. The second kappa shape index (κ2) is 4.10. The first-order chi connectivity index (χ1) is 8.74. The van der Waals surface area contributed by atoms with Crippen LogP contribution in [0.2, 0.25) is 0 Å². The third-order valence-corrected chi connectivity index (χ3v) is 3.65. The molecule has 1 aromatic heterocycles. The van der Waals surface area contributed by atoms with E-state index in [2.05, 4.69) is 11.1 Å². The Morgan fingerprint density at radius 3 is 2.94 bits per heavy atom. The van der Waals surface area contributed by atoms with Gasteiger partial charge in [-0.1, -0.05) is 24.3 Å². The first-order valence-electron chi connectivity index (χ1n) is 6.04. The molecule has 0 aliphatic heterocycles. The van der Waals surface area contributed by atoms with Crippen molar-refractivity contribution in [1.82, 2.24) is 4.98 Å². The Morgan fingerprint density at radius 1 is 1.28 bits per heavy atom. The van der Waals surface area contributed by atoms with Gasteiger partial charge in [-0.05, 0) is 30.0 Å². The molecule has 0 saturated carbocycles. The van der Waals surface area contributed by atoms with Gasteiger partial charge in [0.25, 0.3) is 0 Å². The molecule has 2 aromatic rings. The van der Waals surface area contributed by atoms with Crippen molar-refractivity contribution in [3.63, 3.8) is 0 Å². The fourth-order valence-electron chi connectivity index (χ4n) is 2.65. The lowest BCUT2D eigenvalue weighted by molar-refractivity contribution is 0.0823. The van der Waals surface area contributed by atoms with E-state index in [1.807, 2.05) is 24.3 Å². The topological polar surface area (TPSA) is 42.4 Å². The second-order valence-electron chi connectivity index (χ2n) is 4.63. The summed E-state index contributed by atoms with van der Waals surface area (Å²) in [7, 11) is 1.60. The third-order valence-electron chi connectivity index (χ3n) is 3.65. The molecule has 18 heavy (non-hydrogen) atoms. The van der Waals surface area contributed by atoms with E-state index >= 15 is 0 Å². The molecule has 3 rings (SSSR count). The monoisotopic (exact) mass is 241 g/mol. The molecule has 0 spiro atoms. The number of ether oxygens (including phenoxy) is 1. The lowest BCUT2D eigenvalue weighted by atomic mass is 9.89. The van der Waals surface area contributed by atoms with E-state index in [0.717, 1.165) is 17.5 Å². The zero-order valence-corrected chi connectivity index (χ0v) is 10.3. The van der Waals surface area contributed by atoms with Crippen molar-refractivity contribution in [2.45, 2.75) is 18.4 Å². The highest BCUT2D eigenvalue weighted by molar-refractivity contribution is 5.45. The van der Waals surface area contributed by atoms with Gasteiger partial charge in [0.15, 0.2) is 0 Å². The Balaban J connectivity index is 2.11. The number of pyridine rings is 1. The molecule has 1 N–H and O–H groups in total. The predicted octanol–water partition coefficient (Wildman–Crippen LogP) is 2.27. The van der Waals surface area contributed by atoms with Crippen LogP contribution in [0.1, 0.15) is 23.1 Å². The number of hydrogen-bond acceptors (Lipinski definition) is 3. The standard InChI is InChI=1S/C15H15NO2/c1-18-13-8-12(9-16-10-13)15(17)7-6-11-4-2-3-5-14(11)15/h2-5,8-10,17H,6-7H2,1H3. The number of nitrogens with zero attached hydrogens (tertiary/aromatic N) is 1. The van der Waals surface area contributed by atoms with Crippen LogP contribution in [-0.4, -0.2) is 17.2 Å². The molecule has 0 radical (unpaired) electrons. The van der Waals surface area contributed by atoms with Crippen LogP contribution in [-0.2, 0) is 12.0 Å². The molecule has 0 amide bonds. The summed E-state index contributed by atoms with van der Waals surface area (Å²) in [4.78, 5) is 4.13. The van der Waals surface area contributed by atoms with Crippen molar-refractivity contribution >= 4 is 0 Å². The summed E-state index contributed by atoms with van der Waals surface area (Å²) in [6.07, 6.45) is 4.95. The number of aryl methyl sites for hydroxylation is 1. The molecule has 1 heterocycles. The van der Waals surface area contributed by atoms with E-state index in [1.54, 1.807) is 19.5 Å². The molecule has 0 saturated heterocycles. The van der Waals surface area contributed by atoms with E-state index in [1.165, 1.54) is 5.56 Å². The van der Waals surface area contributed by atoms with Crippen LogP contribution < -0.4 is 4.74 Å². The molecule has 1 atom stereocenters. The van der Waals surface area contributed by atoms with Gasteiger partial charge in [0.05, 0.1) is 13.3 Å². The quantitative estimate of drug-likeness (QED) is 0.877. The Kier molecular flexibility index (Phi) is 2.56. The highest BCUT2D eigenvalue weighted by atomic mass is 16.5. The van der Waals surface area contributed by atoms with Crippen LogP contribution in [0.4, 0.5) is 0 Å². The van der Waals surface area contributed by atoms with Crippen LogP contribution in [0, 0.1) is 0 Å². The van der Waals surface area contributed by atoms with Gasteiger partial charge in [-0.3, -0.25) is 4.98 Å². The average molecular weight is 241 g/mol. The van der Waals surface area contributed by atoms with E-state index < -0.39 is 5.60 Å². The van der Waals surface area contributed by atoms with Crippen molar-refractivity contribution in [2.24, 2.45) is 0 Å². The summed E-state index contributed by atoms with van der Waals surface area (Å²) in [5, 5.41) is 10.9. The summed E-state index contributed by atoms with van der Waals surface area (Å²) < 4.78 is 5.17. The summed E-state index contributed by atoms with van der Waals surface area (Å²) in [5.74, 6) is 0.672. The maximum atomic E-state index is 10.9. The number of aliphatic hydroxyl groups is 1. The molecular weight excluding hydrogens is 226 g/mol. The van der Waals surface area contributed by atoms with E-state index in [9.17, 15) is 5.11 Å². The van der Waals surface area contributed by atoms with Gasteiger partial charge in [0.1, 0.15) is 11.4 Å². The SMILES string of the molecule is COc1cncc(C2(O)CCc3ccccc32)c1. The van der Waals surface area contributed by atoms with Crippen molar-refractivity contribution in [2.75, 3.05) is 7.11 Å². The minimum Gasteiger partial charge on any atom is -0.495 e. The summed E-state index contributed by atoms with van der Waals surface area (Å²) in [5.41, 5.74) is 2.06. The van der Waals surface area contributed by atoms with Gasteiger partial charge in [-0.25, -0.2) is 0 Å². The Morgan fingerprint density at radius 2 is 2.11 bits per heavy atom. The van der Waals surface area contributed by atoms with Gasteiger partial charge in [0, 0.05) is 11.8 Å². The Bertz CT molecular complexity index is 582. The third kappa shape index (κ3) is 1.59. The predicted molar refractivity (Wildman–Crippen MR) is 68.6 cm³/mol. The Hall–Kier alpha value is -1.87. The highest BCUT2D eigenvalue weighted by Gasteiger charge is 2.38. The van der Waals surface area contributed by atoms with Gasteiger partial charge in [-0.15, -0.1) is 0 Å². The van der Waals surface area contributed by atoms with Gasteiger partial charge < -0.3 is 9.84 Å². The first kappa shape index (κ1) is 11.2. The maximum Gasteiger partial charge on any atom is 0.137 e. The average Bonchev–Trinajstić information content (AvgIpc) is 2.79. The fraction of sp³-hybridized carbons (Fsp3) is 0.267. The summed E-state index contributed by atoms with van der Waals surface area (Å²) in [6.45, 7) is 0. The first-order valence-corrected chi connectivity index (χ1v) is 6.04. The van der Waals surface area contributed by atoms with Gasteiger partial charge >= 0.3 is 0 Å². The van der Waals surface area contributed by atoms with Gasteiger partial charge in [0.2, 0.25) is 0 Å². The van der Waals surface area contributed by atoms with Crippen molar-refractivity contribution in [1.29, 1.82) is 0 Å². The number of methoxy groups -OCH3 is 1. The highest BCUT2D eigenvalue weighted by Crippen LogP contribution is 2.42. The van der Waals surface area contributed by atoms with E-state index in [0.29, 0.717) is 12.2 Å². The molecule has 3 heteroatoms. The zero-order chi connectivity index (χ0) is 12.6. The molecule has 1 aliphatic rings. The van der Waals surface area contributed by atoms with E-state index in [-0.39, 0.29) is 0 Å². The lowest BCUT2D eigenvalue weighted by Gasteiger charge is -2.24. The molecule has 1 unspecified atom stereocenters. The van der Waals surface area contributed by atoms with Crippen molar-refractivity contribution < 1.29 is 9.84 Å². The zero-order valence-electron chi connectivity index (χ0n) is 10.3. The molecular formula is C15H15NO2. The largest absolute Gasteiger partial charge is 0.495 e. The van der Waals surface area contributed by atoms with Crippen LogP contribution in [0.25, 0.3) is 0 Å². The summed E-state index contributed by atoms with van der Waals surface area (Å²) >= 11 is 0. The lowest BCUT2D eigenvalue weighted by Crippen LogP contribution is -2.24. The number of fused-ring (bicyclic) bond motifs is 1. The van der Waals surface area contributed by atoms with Crippen LogP contribution in [0.3, 0.4) is 0 Å². The van der Waals surface area contributed by atoms with E-state index in [4.69, 9.17) is 4.74 Å². The fourth-order valence-corrected chi connectivity index (χ4v) is 2.65. The van der Waals surface area contributed by atoms with Gasteiger partial charge in [-0.2, -0.15) is 0 Å². The van der Waals surface area contributed by atoms with Crippen LogP contribution in [0.5, 0.6) is 5.75 Å². The minimum absolute atomic E-state index is 0.672. The smallest absolute Gasteiger partial charge is 0.137 e. The number of aromatic nitrogens is 1. The Labute approximate surface area is 106 Å². The second-order valence-corrected chi connectivity index (χ2v) is 4.63. The maximum absolute atomic E-state index is 10.9. The molecule has 1 aromatic carbocycles. The molecule has 0 bridgehead atoms. The number of rotatable bonds is 2. The molecule has 0 fully saturated rings. The molecule has 3 nitrogen and oxygen atoms in total. The molecule has 92 valence electrons. The van der Waals surface area contributed by atoms with Crippen molar-refractivity contribution in [3.8, 4) is 5.75 Å². The van der Waals surface area contributed by atoms with Crippen LogP contribution in [0.15, 0.2) is 42.7 Å². The molecule has 1 aliphatic carbocycles. The number of hydrogen-bond donors (Lipinski definition) is 1. The van der Waals surface area contributed by atoms with Crippen LogP contribution >= 0.6 is 0 Å². The summed E-state index contributed by atoms with van der Waals surface area (Å²) in [6, 6.07) is 9.88. The normalized spacial score (nSPS) is 21.7. The minimum atomic E-state index is -0.932.